The molecular weight excluding hydrogens is 312 g/mol. The van der Waals surface area contributed by atoms with Gasteiger partial charge in [0.15, 0.2) is 0 Å². The van der Waals surface area contributed by atoms with Crippen molar-refractivity contribution in [1.82, 2.24) is 5.32 Å². The Kier molecular flexibility index (Phi) is 5.68. The van der Waals surface area contributed by atoms with E-state index in [-0.39, 0.29) is 18.5 Å². The molecule has 1 aromatic carbocycles. The van der Waals surface area contributed by atoms with Gasteiger partial charge in [0.2, 0.25) is 15.9 Å². The van der Waals surface area contributed by atoms with Crippen LogP contribution in [0.3, 0.4) is 0 Å². The lowest BCUT2D eigenvalue weighted by Gasteiger charge is -2.26. The molecular formula is C17H26N2O3S. The van der Waals surface area contributed by atoms with E-state index >= 15 is 0 Å². The Morgan fingerprint density at radius 2 is 1.83 bits per heavy atom. The predicted molar refractivity (Wildman–Crippen MR) is 93.1 cm³/mol. The number of hydrogen-bond acceptors (Lipinski definition) is 3. The Balaban J connectivity index is 2.12. The van der Waals surface area contributed by atoms with E-state index in [4.69, 9.17) is 0 Å². The van der Waals surface area contributed by atoms with Gasteiger partial charge in [-0.3, -0.25) is 9.10 Å². The molecule has 23 heavy (non-hydrogen) atoms. The largest absolute Gasteiger partial charge is 0.352 e. The number of nitrogens with one attached hydrogen (secondary N) is 1. The number of carbonyl (C=O) groups is 1. The smallest absolute Gasteiger partial charge is 0.240 e. The molecule has 0 heterocycles. The number of rotatable bonds is 5. The van der Waals surface area contributed by atoms with Crippen molar-refractivity contribution in [3.63, 3.8) is 0 Å². The van der Waals surface area contributed by atoms with Crippen molar-refractivity contribution in [2.24, 2.45) is 0 Å². The maximum Gasteiger partial charge on any atom is 0.240 e. The van der Waals surface area contributed by atoms with Crippen molar-refractivity contribution < 1.29 is 13.2 Å². The summed E-state index contributed by atoms with van der Waals surface area (Å²) in [5.41, 5.74) is 2.63. The summed E-state index contributed by atoms with van der Waals surface area (Å²) in [6.07, 6.45) is 6.55. The van der Waals surface area contributed by atoms with Crippen LogP contribution in [-0.2, 0) is 14.8 Å². The number of amides is 1. The van der Waals surface area contributed by atoms with Crippen LogP contribution < -0.4 is 9.62 Å². The molecule has 1 saturated carbocycles. The maximum absolute atomic E-state index is 12.3. The minimum absolute atomic E-state index is 0.169. The third kappa shape index (κ3) is 4.96. The third-order valence-corrected chi connectivity index (χ3v) is 5.58. The fourth-order valence-corrected chi connectivity index (χ4v) is 3.78. The lowest BCUT2D eigenvalue weighted by atomic mass is 9.95. The normalized spacial score (nSPS) is 16.1. The quantitative estimate of drug-likeness (QED) is 0.897. The van der Waals surface area contributed by atoms with Crippen LogP contribution >= 0.6 is 0 Å². The van der Waals surface area contributed by atoms with Gasteiger partial charge in [-0.25, -0.2) is 8.42 Å². The zero-order chi connectivity index (χ0) is 17.0. The van der Waals surface area contributed by atoms with Gasteiger partial charge in [0, 0.05) is 6.04 Å². The minimum atomic E-state index is -3.51. The summed E-state index contributed by atoms with van der Waals surface area (Å²) in [5.74, 6) is -0.236. The van der Waals surface area contributed by atoms with Crippen LogP contribution in [0.25, 0.3) is 0 Å². The Labute approximate surface area is 139 Å². The van der Waals surface area contributed by atoms with Crippen molar-refractivity contribution in [1.29, 1.82) is 0 Å². The first-order valence-corrected chi connectivity index (χ1v) is 9.96. The molecule has 1 N–H and O–H groups in total. The molecule has 2 rings (SSSR count). The first-order chi connectivity index (χ1) is 10.8. The Hall–Kier alpha value is -1.56. The highest BCUT2D eigenvalue weighted by molar-refractivity contribution is 7.92. The molecule has 6 heteroatoms. The van der Waals surface area contributed by atoms with Gasteiger partial charge >= 0.3 is 0 Å². The monoisotopic (exact) mass is 338 g/mol. The van der Waals surface area contributed by atoms with Gasteiger partial charge in [-0.15, -0.1) is 0 Å². The van der Waals surface area contributed by atoms with Crippen LogP contribution in [0, 0.1) is 13.8 Å². The Bertz CT molecular complexity index is 664. The maximum atomic E-state index is 12.3. The third-order valence-electron chi connectivity index (χ3n) is 4.44. The van der Waals surface area contributed by atoms with E-state index in [0.29, 0.717) is 5.69 Å². The lowest BCUT2D eigenvalue weighted by molar-refractivity contribution is -0.120. The van der Waals surface area contributed by atoms with Crippen LogP contribution in [0.5, 0.6) is 0 Å². The first-order valence-electron chi connectivity index (χ1n) is 8.11. The average molecular weight is 338 g/mol. The van der Waals surface area contributed by atoms with E-state index in [1.165, 1.54) is 10.7 Å². The van der Waals surface area contributed by atoms with Gasteiger partial charge in [0.1, 0.15) is 6.54 Å². The Morgan fingerprint density at radius 3 is 2.39 bits per heavy atom. The van der Waals surface area contributed by atoms with Crippen LogP contribution in [0.1, 0.15) is 43.2 Å². The second kappa shape index (κ2) is 7.34. The molecule has 0 saturated heterocycles. The molecule has 0 spiro atoms. The molecule has 0 atom stereocenters. The van der Waals surface area contributed by atoms with Crippen LogP contribution in [0.2, 0.25) is 0 Å². The van der Waals surface area contributed by atoms with Crippen LogP contribution in [0.4, 0.5) is 5.69 Å². The number of carbonyl (C=O) groups excluding carboxylic acids is 1. The number of hydrogen-bond donors (Lipinski definition) is 1. The molecule has 1 aromatic rings. The van der Waals surface area contributed by atoms with E-state index in [0.717, 1.165) is 43.1 Å². The zero-order valence-corrected chi connectivity index (χ0v) is 14.9. The summed E-state index contributed by atoms with van der Waals surface area (Å²) < 4.78 is 25.4. The molecule has 1 amide bonds. The van der Waals surface area contributed by atoms with Gasteiger partial charge in [-0.05, 0) is 49.9 Å². The number of nitrogens with zero attached hydrogens (tertiary/aromatic N) is 1. The molecule has 0 unspecified atom stereocenters. The first kappa shape index (κ1) is 17.8. The second-order valence-corrected chi connectivity index (χ2v) is 8.35. The fourth-order valence-electron chi connectivity index (χ4n) is 2.93. The molecule has 5 nitrogen and oxygen atoms in total. The fraction of sp³-hybridized carbons (Fsp3) is 0.588. The Morgan fingerprint density at radius 1 is 1.17 bits per heavy atom. The highest BCUT2D eigenvalue weighted by Crippen LogP contribution is 2.21. The molecule has 0 radical (unpaired) electrons. The molecule has 0 aromatic heterocycles. The molecule has 0 bridgehead atoms. The zero-order valence-electron chi connectivity index (χ0n) is 14.1. The van der Waals surface area contributed by atoms with Gasteiger partial charge < -0.3 is 5.32 Å². The standard InChI is InChI=1S/C17H26N2O3S/c1-13-9-10-16(11-14(13)2)19(23(3,21)22)12-17(20)18-15-7-5-4-6-8-15/h9-11,15H,4-8,12H2,1-3H3,(H,18,20). The topological polar surface area (TPSA) is 66.5 Å². The van der Waals surface area contributed by atoms with E-state index in [9.17, 15) is 13.2 Å². The van der Waals surface area contributed by atoms with Crippen LogP contribution in [-0.4, -0.2) is 33.2 Å². The van der Waals surface area contributed by atoms with Gasteiger partial charge in [-0.2, -0.15) is 0 Å². The summed E-state index contributed by atoms with van der Waals surface area (Å²) in [4.78, 5) is 12.3. The van der Waals surface area contributed by atoms with Gasteiger partial charge in [0.25, 0.3) is 0 Å². The number of anilines is 1. The van der Waals surface area contributed by atoms with Crippen molar-refractivity contribution in [2.75, 3.05) is 17.1 Å². The van der Waals surface area contributed by atoms with E-state index in [1.54, 1.807) is 6.07 Å². The van der Waals surface area contributed by atoms with Crippen molar-refractivity contribution in [2.45, 2.75) is 52.0 Å². The second-order valence-electron chi connectivity index (χ2n) is 6.44. The summed E-state index contributed by atoms with van der Waals surface area (Å²) in [5, 5.41) is 2.97. The SMILES string of the molecule is Cc1ccc(N(CC(=O)NC2CCCCC2)S(C)(=O)=O)cc1C. The molecule has 1 aliphatic carbocycles. The van der Waals surface area contributed by atoms with Crippen LogP contribution in [0.15, 0.2) is 18.2 Å². The summed E-state index contributed by atoms with van der Waals surface area (Å²) >= 11 is 0. The molecule has 1 fully saturated rings. The van der Waals surface area contributed by atoms with E-state index < -0.39 is 10.0 Å². The molecule has 0 aliphatic heterocycles. The van der Waals surface area contributed by atoms with E-state index in [2.05, 4.69) is 5.32 Å². The summed E-state index contributed by atoms with van der Waals surface area (Å²) in [7, 11) is -3.51. The summed E-state index contributed by atoms with van der Waals surface area (Å²) in [6, 6.07) is 5.61. The van der Waals surface area contributed by atoms with Gasteiger partial charge in [-0.1, -0.05) is 25.3 Å². The van der Waals surface area contributed by atoms with Crippen molar-refractivity contribution in [3.05, 3.63) is 29.3 Å². The lowest BCUT2D eigenvalue weighted by Crippen LogP contribution is -2.44. The van der Waals surface area contributed by atoms with E-state index in [1.807, 2.05) is 26.0 Å². The van der Waals surface area contributed by atoms with Gasteiger partial charge in [0.05, 0.1) is 11.9 Å². The number of sulfonamides is 1. The highest BCUT2D eigenvalue weighted by Gasteiger charge is 2.23. The average Bonchev–Trinajstić information content (AvgIpc) is 2.48. The molecule has 128 valence electrons. The number of benzene rings is 1. The molecule has 1 aliphatic rings. The van der Waals surface area contributed by atoms with Crippen molar-refractivity contribution in [3.8, 4) is 0 Å². The summed E-state index contributed by atoms with van der Waals surface area (Å²) in [6.45, 7) is 3.74. The highest BCUT2D eigenvalue weighted by atomic mass is 32.2. The van der Waals surface area contributed by atoms with Crippen molar-refractivity contribution >= 4 is 21.6 Å². The predicted octanol–water partition coefficient (Wildman–Crippen LogP) is 2.52. The minimum Gasteiger partial charge on any atom is -0.352 e. The number of aryl methyl sites for hydroxylation is 2.